The van der Waals surface area contributed by atoms with Gasteiger partial charge < -0.3 is 14.2 Å². The van der Waals surface area contributed by atoms with E-state index in [4.69, 9.17) is 14.2 Å². The molecule has 0 amide bonds. The number of hydrogen-bond acceptors (Lipinski definition) is 5. The Kier molecular flexibility index (Phi) is 6.43. The lowest BCUT2D eigenvalue weighted by molar-refractivity contribution is 0.0734. The van der Waals surface area contributed by atoms with Gasteiger partial charge in [0.25, 0.3) is 0 Å². The minimum Gasteiger partial charge on any atom is -0.497 e. The monoisotopic (exact) mass is 388 g/mol. The van der Waals surface area contributed by atoms with Crippen molar-refractivity contribution in [2.75, 3.05) is 14.2 Å². The van der Waals surface area contributed by atoms with Crippen molar-refractivity contribution in [2.24, 2.45) is 0 Å². The van der Waals surface area contributed by atoms with Crippen LogP contribution in [-0.2, 0) is 0 Å². The van der Waals surface area contributed by atoms with Gasteiger partial charge in [0.15, 0.2) is 5.78 Å². The Labute approximate surface area is 169 Å². The second kappa shape index (κ2) is 9.37. The van der Waals surface area contributed by atoms with Crippen molar-refractivity contribution in [3.05, 3.63) is 95.6 Å². The first kappa shape index (κ1) is 19.9. The van der Waals surface area contributed by atoms with Crippen LogP contribution in [0.1, 0.15) is 26.3 Å². The van der Waals surface area contributed by atoms with Crippen LogP contribution >= 0.6 is 0 Å². The molecule has 0 aliphatic carbocycles. The van der Waals surface area contributed by atoms with Gasteiger partial charge in [-0.05, 0) is 60.7 Å². The molecule has 0 bridgehead atoms. The van der Waals surface area contributed by atoms with Crippen molar-refractivity contribution < 1.29 is 23.8 Å². The van der Waals surface area contributed by atoms with Gasteiger partial charge in [-0.1, -0.05) is 24.3 Å². The predicted molar refractivity (Wildman–Crippen MR) is 111 cm³/mol. The lowest BCUT2D eigenvalue weighted by Gasteiger charge is -2.08. The zero-order valence-electron chi connectivity index (χ0n) is 16.1. The molecule has 0 heterocycles. The molecule has 0 fully saturated rings. The van der Waals surface area contributed by atoms with Crippen LogP contribution in [0.2, 0.25) is 0 Å². The largest absolute Gasteiger partial charge is 0.497 e. The Morgan fingerprint density at radius 2 is 1.48 bits per heavy atom. The smallest absolute Gasteiger partial charge is 0.343 e. The number of methoxy groups -OCH3 is 2. The van der Waals surface area contributed by atoms with Crippen molar-refractivity contribution in [3.63, 3.8) is 0 Å². The highest BCUT2D eigenvalue weighted by Crippen LogP contribution is 2.22. The van der Waals surface area contributed by atoms with Crippen molar-refractivity contribution in [1.82, 2.24) is 0 Å². The summed E-state index contributed by atoms with van der Waals surface area (Å²) in [6.07, 6.45) is 3.07. The van der Waals surface area contributed by atoms with Crippen molar-refractivity contribution in [2.45, 2.75) is 0 Å². The number of allylic oxidation sites excluding steroid dienone is 1. The van der Waals surface area contributed by atoms with Crippen LogP contribution in [-0.4, -0.2) is 26.0 Å². The first-order chi connectivity index (χ1) is 14.1. The minimum atomic E-state index is -0.508. The third-order valence-corrected chi connectivity index (χ3v) is 4.22. The zero-order chi connectivity index (χ0) is 20.6. The van der Waals surface area contributed by atoms with E-state index >= 15 is 0 Å². The Morgan fingerprint density at radius 3 is 2.21 bits per heavy atom. The average Bonchev–Trinajstić information content (AvgIpc) is 2.78. The maximum atomic E-state index is 12.5. The third kappa shape index (κ3) is 5.11. The molecule has 0 N–H and O–H groups in total. The molecule has 0 atom stereocenters. The van der Waals surface area contributed by atoms with Crippen LogP contribution in [0.3, 0.4) is 0 Å². The van der Waals surface area contributed by atoms with Gasteiger partial charge in [0.1, 0.15) is 17.2 Å². The molecule has 0 saturated heterocycles. The molecule has 3 aromatic carbocycles. The van der Waals surface area contributed by atoms with E-state index in [0.717, 1.165) is 0 Å². The van der Waals surface area contributed by atoms with Gasteiger partial charge in [0, 0.05) is 11.1 Å². The number of ether oxygens (including phenoxy) is 3. The number of carbonyl (C=O) groups is 2. The van der Waals surface area contributed by atoms with Crippen LogP contribution in [0.15, 0.2) is 78.9 Å². The number of benzene rings is 3. The van der Waals surface area contributed by atoms with Crippen LogP contribution in [0.4, 0.5) is 0 Å². The highest BCUT2D eigenvalue weighted by atomic mass is 16.5. The SMILES string of the molecule is COc1ccc(C(=O)/C=C/c2ccccc2OC(=O)c2cccc(OC)c2)cc1. The lowest BCUT2D eigenvalue weighted by Crippen LogP contribution is -2.09. The number of hydrogen-bond donors (Lipinski definition) is 0. The second-order valence-electron chi connectivity index (χ2n) is 6.09. The molecule has 0 aliphatic heterocycles. The summed E-state index contributed by atoms with van der Waals surface area (Å²) in [6, 6.07) is 20.6. The van der Waals surface area contributed by atoms with Crippen molar-refractivity contribution in [3.8, 4) is 17.2 Å². The summed E-state index contributed by atoms with van der Waals surface area (Å²) in [4.78, 5) is 24.9. The van der Waals surface area contributed by atoms with Crippen LogP contribution in [0.5, 0.6) is 17.2 Å². The molecule has 0 unspecified atom stereocenters. The molecule has 29 heavy (non-hydrogen) atoms. The standard InChI is InChI=1S/C24H20O5/c1-27-20-13-10-17(11-14-20)22(25)15-12-18-6-3-4-9-23(18)29-24(26)19-7-5-8-21(16-19)28-2/h3-16H,1-2H3/b15-12+. The van der Waals surface area contributed by atoms with Gasteiger partial charge in [-0.2, -0.15) is 0 Å². The van der Waals surface area contributed by atoms with E-state index in [1.54, 1.807) is 86.0 Å². The first-order valence-electron chi connectivity index (χ1n) is 8.92. The maximum absolute atomic E-state index is 12.5. The summed E-state index contributed by atoms with van der Waals surface area (Å²) >= 11 is 0. The number of ketones is 1. The summed E-state index contributed by atoms with van der Waals surface area (Å²) in [7, 11) is 3.10. The number of para-hydroxylation sites is 1. The molecule has 0 aliphatic rings. The Hall–Kier alpha value is -3.86. The topological polar surface area (TPSA) is 61.8 Å². The van der Waals surface area contributed by atoms with E-state index in [2.05, 4.69) is 0 Å². The molecular weight excluding hydrogens is 368 g/mol. The molecule has 3 rings (SSSR count). The fraction of sp³-hybridized carbons (Fsp3) is 0.0833. The Balaban J connectivity index is 1.76. The molecule has 0 saturated carbocycles. The van der Waals surface area contributed by atoms with E-state index < -0.39 is 5.97 Å². The molecule has 0 radical (unpaired) electrons. The van der Waals surface area contributed by atoms with Gasteiger partial charge in [-0.25, -0.2) is 4.79 Å². The average molecular weight is 388 g/mol. The molecule has 5 nitrogen and oxygen atoms in total. The summed E-state index contributed by atoms with van der Waals surface area (Å²) in [5.74, 6) is 0.935. The molecule has 0 aromatic heterocycles. The van der Waals surface area contributed by atoms with Crippen molar-refractivity contribution >= 4 is 17.8 Å². The predicted octanol–water partition coefficient (Wildman–Crippen LogP) is 4.82. The van der Waals surface area contributed by atoms with Gasteiger partial charge in [0.05, 0.1) is 19.8 Å². The van der Waals surface area contributed by atoms with Crippen LogP contribution in [0.25, 0.3) is 6.08 Å². The number of esters is 1. The number of carbonyl (C=O) groups excluding carboxylic acids is 2. The van der Waals surface area contributed by atoms with Gasteiger partial charge in [0.2, 0.25) is 0 Å². The quantitative estimate of drug-likeness (QED) is 0.251. The molecule has 3 aromatic rings. The first-order valence-corrected chi connectivity index (χ1v) is 8.92. The third-order valence-electron chi connectivity index (χ3n) is 4.22. The fourth-order valence-electron chi connectivity index (χ4n) is 2.64. The Bertz CT molecular complexity index is 1040. The fourth-order valence-corrected chi connectivity index (χ4v) is 2.64. The van der Waals surface area contributed by atoms with Gasteiger partial charge in [-0.15, -0.1) is 0 Å². The summed E-state index contributed by atoms with van der Waals surface area (Å²) in [5, 5.41) is 0. The second-order valence-corrected chi connectivity index (χ2v) is 6.09. The Morgan fingerprint density at radius 1 is 0.759 bits per heavy atom. The van der Waals surface area contributed by atoms with Gasteiger partial charge in [-0.3, -0.25) is 4.79 Å². The highest BCUT2D eigenvalue weighted by molar-refractivity contribution is 6.07. The minimum absolute atomic E-state index is 0.165. The van der Waals surface area contributed by atoms with E-state index in [1.807, 2.05) is 0 Å². The summed E-state index contributed by atoms with van der Waals surface area (Å²) in [5.41, 5.74) is 1.52. The molecular formula is C24H20O5. The van der Waals surface area contributed by atoms with E-state index in [-0.39, 0.29) is 5.78 Å². The molecule has 146 valence electrons. The van der Waals surface area contributed by atoms with Gasteiger partial charge >= 0.3 is 5.97 Å². The zero-order valence-corrected chi connectivity index (χ0v) is 16.1. The number of rotatable bonds is 7. The van der Waals surface area contributed by atoms with E-state index in [9.17, 15) is 9.59 Å². The molecule has 5 heteroatoms. The van der Waals surface area contributed by atoms with Crippen molar-refractivity contribution in [1.29, 1.82) is 0 Å². The normalized spacial score (nSPS) is 10.6. The van der Waals surface area contributed by atoms with Crippen LogP contribution < -0.4 is 14.2 Å². The maximum Gasteiger partial charge on any atom is 0.343 e. The highest BCUT2D eigenvalue weighted by Gasteiger charge is 2.12. The molecule has 0 spiro atoms. The summed E-state index contributed by atoms with van der Waals surface area (Å²) < 4.78 is 15.8. The van der Waals surface area contributed by atoms with E-state index in [1.165, 1.54) is 13.2 Å². The lowest BCUT2D eigenvalue weighted by atomic mass is 10.1. The van der Waals surface area contributed by atoms with E-state index in [0.29, 0.717) is 33.9 Å². The summed E-state index contributed by atoms with van der Waals surface area (Å²) in [6.45, 7) is 0. The van der Waals surface area contributed by atoms with Crippen LogP contribution in [0, 0.1) is 0 Å².